The number of carbonyl (C=O) groups is 3. The zero-order chi connectivity index (χ0) is 35.7. The lowest BCUT2D eigenvalue weighted by molar-refractivity contribution is -0.253. The van der Waals surface area contributed by atoms with Crippen LogP contribution in [0.1, 0.15) is 95.4 Å². The number of likely N-dealkylation sites (tertiary alicyclic amines) is 1. The average molecular weight is 689 g/mol. The van der Waals surface area contributed by atoms with E-state index < -0.39 is 11.9 Å². The second-order valence-corrected chi connectivity index (χ2v) is 14.6. The summed E-state index contributed by atoms with van der Waals surface area (Å²) in [5.74, 6) is -0.763. The zero-order valence-corrected chi connectivity index (χ0v) is 29.3. The van der Waals surface area contributed by atoms with Gasteiger partial charge in [-0.25, -0.2) is 0 Å². The van der Waals surface area contributed by atoms with Gasteiger partial charge < -0.3 is 19.3 Å². The highest BCUT2D eigenvalue weighted by Crippen LogP contribution is 2.40. The van der Waals surface area contributed by atoms with E-state index in [0.29, 0.717) is 24.1 Å². The number of ether oxygens (including phenoxy) is 3. The van der Waals surface area contributed by atoms with Gasteiger partial charge in [-0.2, -0.15) is 0 Å². The van der Waals surface area contributed by atoms with Crippen LogP contribution in [-0.4, -0.2) is 63.5 Å². The van der Waals surface area contributed by atoms with Crippen molar-refractivity contribution in [1.82, 2.24) is 9.80 Å². The quantitative estimate of drug-likeness (QED) is 0.148. The van der Waals surface area contributed by atoms with E-state index >= 15 is 0 Å². The molecule has 3 aliphatic heterocycles. The highest BCUT2D eigenvalue weighted by molar-refractivity contribution is 6.21. The molecule has 0 saturated carbocycles. The Morgan fingerprint density at radius 1 is 0.824 bits per heavy atom. The molecule has 1 N–H and O–H groups in total. The van der Waals surface area contributed by atoms with Crippen molar-refractivity contribution in [1.29, 1.82) is 0 Å². The predicted molar refractivity (Wildman–Crippen MR) is 191 cm³/mol. The van der Waals surface area contributed by atoms with Gasteiger partial charge in [0.15, 0.2) is 6.29 Å². The lowest BCUT2D eigenvalue weighted by atomic mass is 9.97. The lowest BCUT2D eigenvalue weighted by Crippen LogP contribution is -2.45. The van der Waals surface area contributed by atoms with Crippen LogP contribution in [-0.2, 0) is 32.2 Å². The molecule has 9 nitrogen and oxygen atoms in total. The molecule has 51 heavy (non-hydrogen) atoms. The fraction of sp³-hybridized carbons (Fsp3) is 0.357. The first-order chi connectivity index (χ1) is 24.6. The molecule has 0 radical (unpaired) electrons. The highest BCUT2D eigenvalue weighted by atomic mass is 16.7. The third-order valence-corrected chi connectivity index (χ3v) is 9.81. The maximum Gasteiger partial charge on any atom is 0.323 e. The van der Waals surface area contributed by atoms with Crippen molar-refractivity contribution in [3.05, 3.63) is 130 Å². The van der Waals surface area contributed by atoms with Gasteiger partial charge in [-0.05, 0) is 80.1 Å². The summed E-state index contributed by atoms with van der Waals surface area (Å²) in [5, 5.41) is 9.60. The van der Waals surface area contributed by atoms with Gasteiger partial charge in [0.1, 0.15) is 11.6 Å². The second-order valence-electron chi connectivity index (χ2n) is 14.6. The van der Waals surface area contributed by atoms with Gasteiger partial charge in [-0.1, -0.05) is 84.9 Å². The van der Waals surface area contributed by atoms with Crippen molar-refractivity contribution in [2.24, 2.45) is 0 Å². The summed E-state index contributed by atoms with van der Waals surface area (Å²) < 4.78 is 19.0. The minimum absolute atomic E-state index is 0.0328. The third kappa shape index (κ3) is 7.53. The standard InChI is InChI=1S/C42H44N2O7/c1-42(2,3)51-40(48)36-13-8-22-43(36)25-32-23-37(29-16-14-27(26-45)15-17-29)50-41(49-32)30-20-18-28(19-21-30)33-10-5-4-9-31(33)24-44-38(46)34-11-6-7-12-35(34)39(44)47/h4-7,9-12,14-21,32,36-37,41,45H,8,13,22-26H2,1-3H3/t32-,36+,37+,41+/m1/s1. The molecule has 4 aromatic carbocycles. The van der Waals surface area contributed by atoms with Crippen LogP contribution in [0.4, 0.5) is 0 Å². The van der Waals surface area contributed by atoms with Crippen molar-refractivity contribution in [3.8, 4) is 11.1 Å². The lowest BCUT2D eigenvalue weighted by Gasteiger charge is -2.38. The van der Waals surface area contributed by atoms with E-state index in [0.717, 1.165) is 52.8 Å². The molecule has 0 aliphatic carbocycles. The van der Waals surface area contributed by atoms with Crippen LogP contribution in [0, 0.1) is 0 Å². The van der Waals surface area contributed by atoms with Crippen LogP contribution < -0.4 is 0 Å². The summed E-state index contributed by atoms with van der Waals surface area (Å²) in [6, 6.07) is 30.2. The Morgan fingerprint density at radius 2 is 1.45 bits per heavy atom. The van der Waals surface area contributed by atoms with Crippen LogP contribution in [0.2, 0.25) is 0 Å². The number of aliphatic hydroxyl groups excluding tert-OH is 1. The molecule has 0 spiro atoms. The topological polar surface area (TPSA) is 106 Å². The number of amides is 2. The summed E-state index contributed by atoms with van der Waals surface area (Å²) in [5.41, 5.74) is 5.71. The Hall–Kier alpha value is -4.67. The monoisotopic (exact) mass is 688 g/mol. The Bertz CT molecular complexity index is 1860. The molecular formula is C42H44N2O7. The molecule has 2 fully saturated rings. The summed E-state index contributed by atoms with van der Waals surface area (Å²) in [6.45, 7) is 7.16. The number of aliphatic hydroxyl groups is 1. The van der Waals surface area contributed by atoms with Gasteiger partial charge in [0.25, 0.3) is 11.8 Å². The van der Waals surface area contributed by atoms with E-state index in [1.54, 1.807) is 24.3 Å². The number of imide groups is 1. The molecule has 4 atom stereocenters. The number of esters is 1. The summed E-state index contributed by atoms with van der Waals surface area (Å²) in [4.78, 5) is 42.8. The molecule has 3 heterocycles. The van der Waals surface area contributed by atoms with Crippen molar-refractivity contribution >= 4 is 17.8 Å². The number of hydrogen-bond acceptors (Lipinski definition) is 8. The van der Waals surface area contributed by atoms with Crippen molar-refractivity contribution in [3.63, 3.8) is 0 Å². The first kappa shape index (κ1) is 34.8. The Morgan fingerprint density at radius 3 is 2.10 bits per heavy atom. The average Bonchev–Trinajstić information content (AvgIpc) is 3.69. The molecule has 0 unspecified atom stereocenters. The van der Waals surface area contributed by atoms with Gasteiger partial charge in [-0.3, -0.25) is 24.2 Å². The predicted octanol–water partition coefficient (Wildman–Crippen LogP) is 6.99. The maximum atomic E-state index is 13.1. The molecule has 3 aliphatic rings. The fourth-order valence-corrected chi connectivity index (χ4v) is 7.29. The smallest absolute Gasteiger partial charge is 0.323 e. The summed E-state index contributed by atoms with van der Waals surface area (Å²) >= 11 is 0. The maximum absolute atomic E-state index is 13.1. The molecule has 0 aromatic heterocycles. The van der Waals surface area contributed by atoms with Crippen LogP contribution in [0.5, 0.6) is 0 Å². The number of fused-ring (bicyclic) bond motifs is 1. The van der Waals surface area contributed by atoms with E-state index in [-0.39, 0.29) is 49.2 Å². The zero-order valence-electron chi connectivity index (χ0n) is 29.3. The van der Waals surface area contributed by atoms with Gasteiger partial charge in [-0.15, -0.1) is 0 Å². The summed E-state index contributed by atoms with van der Waals surface area (Å²) in [6.07, 6.45) is 1.15. The molecule has 0 bridgehead atoms. The molecule has 7 rings (SSSR count). The van der Waals surface area contributed by atoms with Crippen LogP contribution in [0.3, 0.4) is 0 Å². The van der Waals surface area contributed by atoms with Crippen molar-refractivity contribution < 1.29 is 33.7 Å². The van der Waals surface area contributed by atoms with E-state index in [1.807, 2.05) is 93.6 Å². The van der Waals surface area contributed by atoms with Crippen LogP contribution in [0.15, 0.2) is 97.1 Å². The minimum Gasteiger partial charge on any atom is -0.459 e. The number of rotatable bonds is 9. The molecule has 9 heteroatoms. The molecule has 4 aromatic rings. The normalized spacial score (nSPS) is 22.3. The number of benzene rings is 4. The van der Waals surface area contributed by atoms with Gasteiger partial charge in [0, 0.05) is 18.5 Å². The van der Waals surface area contributed by atoms with Crippen LogP contribution in [0.25, 0.3) is 11.1 Å². The van der Waals surface area contributed by atoms with E-state index in [9.17, 15) is 19.5 Å². The first-order valence-electron chi connectivity index (χ1n) is 17.7. The van der Waals surface area contributed by atoms with Gasteiger partial charge in [0.2, 0.25) is 0 Å². The van der Waals surface area contributed by atoms with E-state index in [4.69, 9.17) is 14.2 Å². The van der Waals surface area contributed by atoms with Crippen molar-refractivity contribution in [2.45, 2.75) is 83.3 Å². The largest absolute Gasteiger partial charge is 0.459 e. The molecule has 264 valence electrons. The van der Waals surface area contributed by atoms with Gasteiger partial charge >= 0.3 is 5.97 Å². The SMILES string of the molecule is CC(C)(C)OC(=O)[C@@H]1CCCN1C[C@H]1C[C@@H](c2ccc(CO)cc2)O[C@@H](c2ccc(-c3ccccc3CN3C(=O)c4ccccc4C3=O)cc2)O1. The number of nitrogens with zero attached hydrogens (tertiary/aromatic N) is 2. The summed E-state index contributed by atoms with van der Waals surface area (Å²) in [7, 11) is 0. The number of carbonyl (C=O) groups excluding carboxylic acids is 3. The van der Waals surface area contributed by atoms with Crippen molar-refractivity contribution in [2.75, 3.05) is 13.1 Å². The minimum atomic E-state index is -0.656. The number of hydrogen-bond donors (Lipinski definition) is 1. The highest BCUT2D eigenvalue weighted by Gasteiger charge is 2.39. The Kier molecular flexibility index (Phi) is 9.90. The fourth-order valence-electron chi connectivity index (χ4n) is 7.29. The van der Waals surface area contributed by atoms with Crippen LogP contribution >= 0.6 is 0 Å². The Balaban J connectivity index is 1.11. The molecular weight excluding hydrogens is 644 g/mol. The van der Waals surface area contributed by atoms with E-state index in [2.05, 4.69) is 4.90 Å². The molecule has 2 amide bonds. The Labute approximate surface area is 298 Å². The first-order valence-corrected chi connectivity index (χ1v) is 17.7. The van der Waals surface area contributed by atoms with E-state index in [1.165, 1.54) is 4.90 Å². The third-order valence-electron chi connectivity index (χ3n) is 9.81. The van der Waals surface area contributed by atoms with Gasteiger partial charge in [0.05, 0.1) is 36.5 Å². The molecule has 2 saturated heterocycles. The second kappa shape index (κ2) is 14.5.